The quantitative estimate of drug-likeness (QED) is 0.809. The lowest BCUT2D eigenvalue weighted by Gasteiger charge is -2.26. The van der Waals surface area contributed by atoms with Crippen molar-refractivity contribution in [2.45, 2.75) is 4.90 Å². The minimum absolute atomic E-state index is 0.0705. The highest BCUT2D eigenvalue weighted by Crippen LogP contribution is 2.34. The first-order valence-corrected chi connectivity index (χ1v) is 9.86. The molecule has 1 aliphatic rings. The van der Waals surface area contributed by atoms with Gasteiger partial charge in [-0.2, -0.15) is 9.57 Å². The van der Waals surface area contributed by atoms with Crippen LogP contribution in [0.15, 0.2) is 41.3 Å². The van der Waals surface area contributed by atoms with Gasteiger partial charge in [-0.05, 0) is 36.4 Å². The van der Waals surface area contributed by atoms with Gasteiger partial charge in [0.2, 0.25) is 15.9 Å². The van der Waals surface area contributed by atoms with E-state index in [1.165, 1.54) is 18.2 Å². The lowest BCUT2D eigenvalue weighted by atomic mass is 10.2. The molecule has 2 aromatic rings. The van der Waals surface area contributed by atoms with Gasteiger partial charge in [-0.1, -0.05) is 23.2 Å². The zero-order valence-electron chi connectivity index (χ0n) is 14.7. The number of ether oxygens (including phenoxy) is 1. The Morgan fingerprint density at radius 1 is 1.26 bits per heavy atom. The van der Waals surface area contributed by atoms with E-state index in [0.717, 1.165) is 16.4 Å². The number of nitrogens with one attached hydrogen (secondary N) is 1. The van der Waals surface area contributed by atoms with Gasteiger partial charge >= 0.3 is 0 Å². The first kappa shape index (κ1) is 18.1. The number of halogens is 2. The summed E-state index contributed by atoms with van der Waals surface area (Å²) >= 11 is 11.9. The summed E-state index contributed by atoms with van der Waals surface area (Å²) in [4.78, 5) is 11.3. The molecule has 1 heterocycles. The van der Waals surface area contributed by atoms with E-state index < -0.39 is 15.9 Å². The highest BCUT2D eigenvalue weighted by atomic mass is 35.5. The fourth-order valence-corrected chi connectivity index (χ4v) is 4.50. The van der Waals surface area contributed by atoms with E-state index in [1.807, 2.05) is 0 Å². The Bertz CT molecular complexity index is 1080. The van der Waals surface area contributed by atoms with Crippen LogP contribution >= 0.6 is 23.2 Å². The van der Waals surface area contributed by atoms with E-state index in [2.05, 4.69) is 5.32 Å². The lowest BCUT2D eigenvalue weighted by molar-refractivity contribution is -0.122. The molecular formula is C17H13Cl2N3O4S. The van der Waals surface area contributed by atoms with E-state index >= 15 is 0 Å². The van der Waals surface area contributed by atoms with Gasteiger partial charge in [0.05, 0.1) is 19.5 Å². The SMILES string of the molecule is [2H]c1cc(Oc2cc(Cl)cc(Cl)c2)c(S(=O)(=O)N2CCNC(=O)C2)cc1C#N. The zero-order chi connectivity index (χ0) is 20.5. The van der Waals surface area contributed by atoms with Crippen LogP contribution in [-0.2, 0) is 14.8 Å². The third-order valence-corrected chi connectivity index (χ3v) is 5.99. The molecule has 7 nitrogen and oxygen atoms in total. The number of hydrogen-bond acceptors (Lipinski definition) is 5. The van der Waals surface area contributed by atoms with Gasteiger partial charge in [-0.15, -0.1) is 0 Å². The summed E-state index contributed by atoms with van der Waals surface area (Å²) in [5, 5.41) is 12.3. The second-order valence-electron chi connectivity index (χ2n) is 5.58. The van der Waals surface area contributed by atoms with Crippen LogP contribution in [0, 0.1) is 11.3 Å². The van der Waals surface area contributed by atoms with Crippen LogP contribution in [0.5, 0.6) is 11.5 Å². The average molecular weight is 427 g/mol. The number of nitrogens with zero attached hydrogens (tertiary/aromatic N) is 2. The zero-order valence-corrected chi connectivity index (χ0v) is 16.0. The Morgan fingerprint density at radius 3 is 2.59 bits per heavy atom. The van der Waals surface area contributed by atoms with E-state index in [4.69, 9.17) is 29.3 Å². The van der Waals surface area contributed by atoms with Crippen molar-refractivity contribution >= 4 is 39.1 Å². The number of piperazine rings is 1. The maximum atomic E-state index is 13.1. The van der Waals surface area contributed by atoms with Gasteiger partial charge < -0.3 is 10.1 Å². The van der Waals surface area contributed by atoms with Crippen LogP contribution in [0.3, 0.4) is 0 Å². The molecule has 1 aliphatic heterocycles. The molecule has 0 aliphatic carbocycles. The fourth-order valence-electron chi connectivity index (χ4n) is 2.48. The molecule has 2 aromatic carbocycles. The number of rotatable bonds is 4. The molecule has 10 heteroatoms. The summed E-state index contributed by atoms with van der Waals surface area (Å²) in [7, 11) is -4.17. The van der Waals surface area contributed by atoms with Gasteiger partial charge in [-0.25, -0.2) is 8.42 Å². The van der Waals surface area contributed by atoms with Crippen molar-refractivity contribution in [1.29, 1.82) is 5.26 Å². The van der Waals surface area contributed by atoms with E-state index in [0.29, 0.717) is 0 Å². The number of carbonyl (C=O) groups excluding carboxylic acids is 1. The summed E-state index contributed by atoms with van der Waals surface area (Å²) in [6.07, 6.45) is 0. The van der Waals surface area contributed by atoms with Crippen molar-refractivity contribution in [3.63, 3.8) is 0 Å². The Labute approximate surface area is 167 Å². The lowest BCUT2D eigenvalue weighted by Crippen LogP contribution is -2.49. The summed E-state index contributed by atoms with van der Waals surface area (Å²) in [6, 6.07) is 8.11. The summed E-state index contributed by atoms with van der Waals surface area (Å²) in [5.41, 5.74) is -0.142. The predicted octanol–water partition coefficient (Wildman–Crippen LogP) is 2.78. The molecule has 0 atom stereocenters. The Morgan fingerprint density at radius 2 is 1.96 bits per heavy atom. The van der Waals surface area contributed by atoms with Crippen LogP contribution in [0.2, 0.25) is 10.0 Å². The number of sulfonamides is 1. The molecule has 1 fully saturated rings. The molecule has 1 amide bonds. The molecule has 140 valence electrons. The molecule has 27 heavy (non-hydrogen) atoms. The predicted molar refractivity (Wildman–Crippen MR) is 99.5 cm³/mol. The molecule has 1 N–H and O–H groups in total. The topological polar surface area (TPSA) is 99.5 Å². The maximum Gasteiger partial charge on any atom is 0.247 e. The third-order valence-electron chi connectivity index (χ3n) is 3.68. The number of nitriles is 1. The largest absolute Gasteiger partial charge is 0.456 e. The normalized spacial score (nSPS) is 15.6. The highest BCUT2D eigenvalue weighted by molar-refractivity contribution is 7.89. The van der Waals surface area contributed by atoms with Crippen molar-refractivity contribution in [2.75, 3.05) is 19.6 Å². The van der Waals surface area contributed by atoms with Gasteiger partial charge in [0.1, 0.15) is 16.4 Å². The molecule has 0 radical (unpaired) electrons. The number of amides is 1. The summed E-state index contributed by atoms with van der Waals surface area (Å²) in [5.74, 6) is -0.445. The maximum absolute atomic E-state index is 13.1. The van der Waals surface area contributed by atoms with Crippen molar-refractivity contribution in [2.24, 2.45) is 0 Å². The first-order chi connectivity index (χ1) is 13.2. The third kappa shape index (κ3) is 4.34. The standard InChI is InChI=1S/C17H13Cl2N3O4S/c18-12-6-13(19)8-14(7-12)26-15-2-1-11(9-20)5-16(15)27(24,25)22-4-3-21-17(23)10-22/h1-2,5-8H,3-4,10H2,(H,21,23)/i1D. The minimum atomic E-state index is -4.17. The van der Waals surface area contributed by atoms with Crippen LogP contribution in [0.1, 0.15) is 6.93 Å². The monoisotopic (exact) mass is 426 g/mol. The van der Waals surface area contributed by atoms with Crippen molar-refractivity contribution in [1.82, 2.24) is 9.62 Å². The van der Waals surface area contributed by atoms with E-state index in [9.17, 15) is 18.5 Å². The molecule has 0 spiro atoms. The Hall–Kier alpha value is -2.31. The molecule has 0 saturated carbocycles. The van der Waals surface area contributed by atoms with Crippen LogP contribution in [-0.4, -0.2) is 38.3 Å². The average Bonchev–Trinajstić information content (AvgIpc) is 2.61. The molecular weight excluding hydrogens is 413 g/mol. The minimum Gasteiger partial charge on any atom is -0.456 e. The number of hydrogen-bond donors (Lipinski definition) is 1. The smallest absolute Gasteiger partial charge is 0.247 e. The van der Waals surface area contributed by atoms with Crippen molar-refractivity contribution in [3.05, 3.63) is 52.0 Å². The number of benzene rings is 2. The summed E-state index contributed by atoms with van der Waals surface area (Å²) in [6.45, 7) is -0.115. The molecule has 3 rings (SSSR count). The molecule has 1 saturated heterocycles. The van der Waals surface area contributed by atoms with Gasteiger partial charge in [-0.3, -0.25) is 4.79 Å². The number of carbonyl (C=O) groups is 1. The van der Waals surface area contributed by atoms with Crippen LogP contribution < -0.4 is 10.1 Å². The second-order valence-corrected chi connectivity index (χ2v) is 8.36. The van der Waals surface area contributed by atoms with E-state index in [1.54, 1.807) is 6.07 Å². The van der Waals surface area contributed by atoms with Gasteiger partial charge in [0, 0.05) is 23.1 Å². The van der Waals surface area contributed by atoms with Crippen molar-refractivity contribution in [3.8, 4) is 17.6 Å². The van der Waals surface area contributed by atoms with Gasteiger partial charge in [0.15, 0.2) is 0 Å². The van der Waals surface area contributed by atoms with Crippen LogP contribution in [0.25, 0.3) is 0 Å². The highest BCUT2D eigenvalue weighted by Gasteiger charge is 2.32. The molecule has 0 unspecified atom stereocenters. The first-order valence-electron chi connectivity index (χ1n) is 8.16. The Balaban J connectivity index is 2.11. The molecule has 0 bridgehead atoms. The fraction of sp³-hybridized carbons (Fsp3) is 0.176. The van der Waals surface area contributed by atoms with Gasteiger partial charge in [0.25, 0.3) is 0 Å². The van der Waals surface area contributed by atoms with E-state index in [-0.39, 0.29) is 57.7 Å². The summed E-state index contributed by atoms with van der Waals surface area (Å²) < 4.78 is 40.8. The van der Waals surface area contributed by atoms with Crippen molar-refractivity contribution < 1.29 is 19.3 Å². The molecule has 0 aromatic heterocycles. The Kier molecular flexibility index (Phi) is 5.18. The second kappa shape index (κ2) is 7.74. The van der Waals surface area contributed by atoms with Crippen LogP contribution in [0.4, 0.5) is 0 Å².